The SMILES string of the molecule is [B]N1C(C)(C)CC(C)CC1(C)C. The van der Waals surface area contributed by atoms with Crippen LogP contribution in [0.4, 0.5) is 0 Å². The van der Waals surface area contributed by atoms with E-state index in [9.17, 15) is 0 Å². The third-order valence-corrected chi connectivity index (χ3v) is 3.00. The summed E-state index contributed by atoms with van der Waals surface area (Å²) >= 11 is 0. The molecular formula is C10H20BN. The van der Waals surface area contributed by atoms with Gasteiger partial charge in [-0.2, -0.15) is 0 Å². The number of piperidine rings is 1. The average molecular weight is 165 g/mol. The van der Waals surface area contributed by atoms with Crippen LogP contribution in [0.1, 0.15) is 47.5 Å². The van der Waals surface area contributed by atoms with E-state index in [0.29, 0.717) is 0 Å². The van der Waals surface area contributed by atoms with Gasteiger partial charge in [0.2, 0.25) is 0 Å². The second-order valence-electron chi connectivity index (χ2n) is 5.51. The summed E-state index contributed by atoms with van der Waals surface area (Å²) in [6.45, 7) is 11.2. The molecule has 2 radical (unpaired) electrons. The summed E-state index contributed by atoms with van der Waals surface area (Å²) in [6, 6.07) is 0. The molecule has 0 atom stereocenters. The highest BCUT2D eigenvalue weighted by Crippen LogP contribution is 2.39. The summed E-state index contributed by atoms with van der Waals surface area (Å²) in [5.74, 6) is 0.787. The lowest BCUT2D eigenvalue weighted by Crippen LogP contribution is -2.58. The number of hydrogen-bond donors (Lipinski definition) is 0. The zero-order valence-corrected chi connectivity index (χ0v) is 9.02. The highest BCUT2D eigenvalue weighted by molar-refractivity contribution is 6.05. The van der Waals surface area contributed by atoms with Crippen molar-refractivity contribution in [3.05, 3.63) is 0 Å². The minimum Gasteiger partial charge on any atom is -0.344 e. The molecule has 0 spiro atoms. The molecule has 0 unspecified atom stereocenters. The van der Waals surface area contributed by atoms with E-state index in [2.05, 4.69) is 34.6 Å². The van der Waals surface area contributed by atoms with Gasteiger partial charge in [0, 0.05) is 11.1 Å². The predicted octanol–water partition coefficient (Wildman–Crippen LogP) is 2.36. The monoisotopic (exact) mass is 165 g/mol. The van der Waals surface area contributed by atoms with E-state index >= 15 is 0 Å². The molecule has 1 fully saturated rings. The molecule has 0 aromatic carbocycles. The molecule has 1 aliphatic heterocycles. The first-order valence-corrected chi connectivity index (χ1v) is 4.81. The predicted molar refractivity (Wildman–Crippen MR) is 54.1 cm³/mol. The van der Waals surface area contributed by atoms with Gasteiger partial charge in [-0.15, -0.1) is 0 Å². The smallest absolute Gasteiger partial charge is 0.183 e. The van der Waals surface area contributed by atoms with Crippen molar-refractivity contribution in [2.75, 3.05) is 0 Å². The van der Waals surface area contributed by atoms with Crippen molar-refractivity contribution in [3.8, 4) is 0 Å². The van der Waals surface area contributed by atoms with Crippen LogP contribution in [0, 0.1) is 5.92 Å². The van der Waals surface area contributed by atoms with Gasteiger partial charge >= 0.3 is 0 Å². The molecule has 0 aliphatic carbocycles. The summed E-state index contributed by atoms with van der Waals surface area (Å²) < 4.78 is 0. The Bertz CT molecular complexity index is 157. The van der Waals surface area contributed by atoms with Crippen LogP contribution >= 0.6 is 0 Å². The minimum absolute atomic E-state index is 0.154. The Morgan fingerprint density at radius 3 is 1.75 bits per heavy atom. The van der Waals surface area contributed by atoms with E-state index in [0.717, 1.165) is 5.92 Å². The lowest BCUT2D eigenvalue weighted by Gasteiger charge is -2.54. The van der Waals surface area contributed by atoms with E-state index in [1.54, 1.807) is 0 Å². The van der Waals surface area contributed by atoms with Gasteiger partial charge in [0.25, 0.3) is 0 Å². The second kappa shape index (κ2) is 2.76. The van der Waals surface area contributed by atoms with E-state index in [1.165, 1.54) is 12.8 Å². The van der Waals surface area contributed by atoms with Crippen LogP contribution in [0.25, 0.3) is 0 Å². The lowest BCUT2D eigenvalue weighted by atomic mass is 9.72. The summed E-state index contributed by atoms with van der Waals surface area (Å²) in [7, 11) is 6.09. The van der Waals surface area contributed by atoms with Crippen molar-refractivity contribution in [1.82, 2.24) is 4.81 Å². The molecule has 68 valence electrons. The zero-order chi connectivity index (χ0) is 9.57. The molecule has 0 aromatic heterocycles. The number of rotatable bonds is 0. The standard InChI is InChI=1S/C10H20BN/c1-8-6-9(2,3)12(11)10(4,5)7-8/h8H,6-7H2,1-5H3. The number of nitrogens with zero attached hydrogens (tertiary/aromatic N) is 1. The molecule has 1 rings (SSSR count). The van der Waals surface area contributed by atoms with Crippen LogP contribution in [0.2, 0.25) is 0 Å². The van der Waals surface area contributed by atoms with Gasteiger partial charge in [-0.25, -0.2) is 0 Å². The molecule has 2 heteroatoms. The van der Waals surface area contributed by atoms with Crippen molar-refractivity contribution >= 4 is 7.98 Å². The first kappa shape index (κ1) is 10.1. The Morgan fingerprint density at radius 1 is 1.08 bits per heavy atom. The molecule has 1 heterocycles. The maximum absolute atomic E-state index is 6.09. The summed E-state index contributed by atoms with van der Waals surface area (Å²) in [6.07, 6.45) is 2.40. The quantitative estimate of drug-likeness (QED) is 0.498. The molecule has 1 aliphatic rings. The van der Waals surface area contributed by atoms with E-state index < -0.39 is 0 Å². The second-order valence-corrected chi connectivity index (χ2v) is 5.51. The van der Waals surface area contributed by atoms with Gasteiger partial charge in [-0.05, 0) is 46.5 Å². The van der Waals surface area contributed by atoms with Gasteiger partial charge in [-0.3, -0.25) is 0 Å². The fourth-order valence-corrected chi connectivity index (χ4v) is 2.79. The lowest BCUT2D eigenvalue weighted by molar-refractivity contribution is 0.0280. The highest BCUT2D eigenvalue weighted by atomic mass is 15.2. The molecule has 0 saturated carbocycles. The molecular weight excluding hydrogens is 145 g/mol. The summed E-state index contributed by atoms with van der Waals surface area (Å²) in [5.41, 5.74) is 0.308. The molecule has 1 saturated heterocycles. The van der Waals surface area contributed by atoms with Crippen LogP contribution in [0.3, 0.4) is 0 Å². The van der Waals surface area contributed by atoms with Crippen LogP contribution in [0.15, 0.2) is 0 Å². The Kier molecular flexibility index (Phi) is 2.33. The minimum atomic E-state index is 0.154. The van der Waals surface area contributed by atoms with Gasteiger partial charge in [-0.1, -0.05) is 6.92 Å². The molecule has 0 N–H and O–H groups in total. The van der Waals surface area contributed by atoms with Crippen molar-refractivity contribution in [2.24, 2.45) is 5.92 Å². The van der Waals surface area contributed by atoms with Gasteiger partial charge in [0.15, 0.2) is 7.98 Å². The Hall–Kier alpha value is 0.0249. The maximum atomic E-state index is 6.09. The van der Waals surface area contributed by atoms with E-state index in [-0.39, 0.29) is 11.1 Å². The molecule has 0 amide bonds. The van der Waals surface area contributed by atoms with E-state index in [1.807, 2.05) is 4.81 Å². The third kappa shape index (κ3) is 1.68. The van der Waals surface area contributed by atoms with Gasteiger partial charge < -0.3 is 4.81 Å². The molecule has 12 heavy (non-hydrogen) atoms. The van der Waals surface area contributed by atoms with Crippen LogP contribution in [0.5, 0.6) is 0 Å². The van der Waals surface area contributed by atoms with Gasteiger partial charge in [0.05, 0.1) is 0 Å². The summed E-state index contributed by atoms with van der Waals surface area (Å²) in [4.78, 5) is 2.03. The van der Waals surface area contributed by atoms with Crippen LogP contribution in [-0.2, 0) is 0 Å². The summed E-state index contributed by atoms with van der Waals surface area (Å²) in [5, 5.41) is 0. The van der Waals surface area contributed by atoms with Crippen LogP contribution in [-0.4, -0.2) is 23.9 Å². The Balaban J connectivity index is 2.84. The van der Waals surface area contributed by atoms with E-state index in [4.69, 9.17) is 7.98 Å². The van der Waals surface area contributed by atoms with Crippen molar-refractivity contribution < 1.29 is 0 Å². The Labute approximate surface area is 78.0 Å². The molecule has 1 nitrogen and oxygen atoms in total. The number of hydrogen-bond acceptors (Lipinski definition) is 1. The fraction of sp³-hybridized carbons (Fsp3) is 1.00. The topological polar surface area (TPSA) is 3.24 Å². The third-order valence-electron chi connectivity index (χ3n) is 3.00. The maximum Gasteiger partial charge on any atom is 0.183 e. The Morgan fingerprint density at radius 2 is 1.42 bits per heavy atom. The fourth-order valence-electron chi connectivity index (χ4n) is 2.79. The average Bonchev–Trinajstić information content (AvgIpc) is 1.80. The normalized spacial score (nSPS) is 30.4. The zero-order valence-electron chi connectivity index (χ0n) is 9.02. The largest absolute Gasteiger partial charge is 0.344 e. The first-order chi connectivity index (χ1) is 5.26. The van der Waals surface area contributed by atoms with Gasteiger partial charge in [0.1, 0.15) is 0 Å². The molecule has 0 bridgehead atoms. The van der Waals surface area contributed by atoms with Crippen LogP contribution < -0.4 is 0 Å². The highest BCUT2D eigenvalue weighted by Gasteiger charge is 2.40. The van der Waals surface area contributed by atoms with Crippen molar-refractivity contribution in [2.45, 2.75) is 58.5 Å². The van der Waals surface area contributed by atoms with Crippen molar-refractivity contribution in [3.63, 3.8) is 0 Å². The molecule has 0 aromatic rings. The van der Waals surface area contributed by atoms with Crippen molar-refractivity contribution in [1.29, 1.82) is 0 Å². The first-order valence-electron chi connectivity index (χ1n) is 4.81.